The summed E-state index contributed by atoms with van der Waals surface area (Å²) in [6, 6.07) is 9.33. The molecule has 5 heteroatoms. The summed E-state index contributed by atoms with van der Waals surface area (Å²) < 4.78 is 25.9. The first kappa shape index (κ1) is 14.0. The standard InChI is InChI=1S/C15H13F2NO2/c16-12-7-11(8-13(17)9-12)15(20)18-5-4-10-2-1-3-14(19)6-10/h1-3,6-9,19H,4-5H2,(H,18,20). The van der Waals surface area contributed by atoms with E-state index in [2.05, 4.69) is 5.32 Å². The van der Waals surface area contributed by atoms with Gasteiger partial charge in [0.15, 0.2) is 0 Å². The summed E-state index contributed by atoms with van der Waals surface area (Å²) in [6.07, 6.45) is 0.512. The molecule has 0 atom stereocenters. The molecule has 0 heterocycles. The SMILES string of the molecule is O=C(NCCc1cccc(O)c1)c1cc(F)cc(F)c1. The number of amides is 1. The van der Waals surface area contributed by atoms with E-state index in [0.29, 0.717) is 19.0 Å². The molecule has 0 aliphatic heterocycles. The Kier molecular flexibility index (Phi) is 4.30. The number of aromatic hydroxyl groups is 1. The van der Waals surface area contributed by atoms with Crippen molar-refractivity contribution in [3.8, 4) is 5.75 Å². The van der Waals surface area contributed by atoms with Gasteiger partial charge in [-0.15, -0.1) is 0 Å². The van der Waals surface area contributed by atoms with Crippen molar-refractivity contribution >= 4 is 5.91 Å². The number of hydrogen-bond acceptors (Lipinski definition) is 2. The smallest absolute Gasteiger partial charge is 0.251 e. The highest BCUT2D eigenvalue weighted by Crippen LogP contribution is 2.11. The van der Waals surface area contributed by atoms with E-state index in [4.69, 9.17) is 0 Å². The molecule has 20 heavy (non-hydrogen) atoms. The van der Waals surface area contributed by atoms with Crippen LogP contribution in [0.2, 0.25) is 0 Å². The minimum absolute atomic E-state index is 0.0570. The monoisotopic (exact) mass is 277 g/mol. The highest BCUT2D eigenvalue weighted by atomic mass is 19.1. The molecule has 0 unspecified atom stereocenters. The van der Waals surface area contributed by atoms with Gasteiger partial charge in [-0.05, 0) is 36.2 Å². The summed E-state index contributed by atoms with van der Waals surface area (Å²) in [5.41, 5.74) is 0.800. The second-order valence-corrected chi connectivity index (χ2v) is 4.33. The molecule has 0 saturated carbocycles. The molecular weight excluding hydrogens is 264 g/mol. The van der Waals surface area contributed by atoms with Crippen molar-refractivity contribution in [3.05, 3.63) is 65.2 Å². The summed E-state index contributed by atoms with van der Waals surface area (Å²) >= 11 is 0. The van der Waals surface area contributed by atoms with Crippen LogP contribution < -0.4 is 5.32 Å². The number of benzene rings is 2. The first-order chi connectivity index (χ1) is 9.54. The summed E-state index contributed by atoms with van der Waals surface area (Å²) in [5, 5.41) is 11.9. The van der Waals surface area contributed by atoms with Crippen molar-refractivity contribution in [1.82, 2.24) is 5.32 Å². The largest absolute Gasteiger partial charge is 0.508 e. The van der Waals surface area contributed by atoms with Gasteiger partial charge < -0.3 is 10.4 Å². The third kappa shape index (κ3) is 3.78. The van der Waals surface area contributed by atoms with Gasteiger partial charge in [0.1, 0.15) is 17.4 Å². The van der Waals surface area contributed by atoms with Crippen molar-refractivity contribution in [1.29, 1.82) is 0 Å². The zero-order valence-electron chi connectivity index (χ0n) is 10.6. The topological polar surface area (TPSA) is 49.3 Å². The van der Waals surface area contributed by atoms with Gasteiger partial charge in [0, 0.05) is 18.2 Å². The van der Waals surface area contributed by atoms with Gasteiger partial charge in [-0.1, -0.05) is 12.1 Å². The Labute approximate surface area is 114 Å². The number of halogens is 2. The highest BCUT2D eigenvalue weighted by Gasteiger charge is 2.08. The van der Waals surface area contributed by atoms with Crippen LogP contribution in [-0.4, -0.2) is 17.6 Å². The normalized spacial score (nSPS) is 10.3. The Bertz CT molecular complexity index is 609. The maximum absolute atomic E-state index is 13.0. The maximum atomic E-state index is 13.0. The van der Waals surface area contributed by atoms with E-state index in [1.165, 1.54) is 0 Å². The summed E-state index contributed by atoms with van der Waals surface area (Å²) in [4.78, 5) is 11.7. The van der Waals surface area contributed by atoms with E-state index >= 15 is 0 Å². The molecule has 0 fully saturated rings. The average Bonchev–Trinajstić information content (AvgIpc) is 2.37. The first-order valence-electron chi connectivity index (χ1n) is 6.07. The van der Waals surface area contributed by atoms with Crippen molar-refractivity contribution < 1.29 is 18.7 Å². The number of rotatable bonds is 4. The van der Waals surface area contributed by atoms with Gasteiger partial charge in [0.05, 0.1) is 0 Å². The summed E-state index contributed by atoms with van der Waals surface area (Å²) in [6.45, 7) is 0.306. The lowest BCUT2D eigenvalue weighted by Gasteiger charge is -2.06. The Morgan fingerprint density at radius 1 is 1.10 bits per heavy atom. The van der Waals surface area contributed by atoms with E-state index in [1.807, 2.05) is 6.07 Å². The zero-order chi connectivity index (χ0) is 14.5. The molecule has 0 saturated heterocycles. The zero-order valence-corrected chi connectivity index (χ0v) is 10.6. The lowest BCUT2D eigenvalue weighted by atomic mass is 10.1. The van der Waals surface area contributed by atoms with E-state index in [1.54, 1.807) is 18.2 Å². The molecule has 0 aliphatic rings. The van der Waals surface area contributed by atoms with Crippen LogP contribution in [0.4, 0.5) is 8.78 Å². The van der Waals surface area contributed by atoms with Crippen molar-refractivity contribution in [2.75, 3.05) is 6.54 Å². The molecular formula is C15H13F2NO2. The van der Waals surface area contributed by atoms with E-state index in [0.717, 1.165) is 17.7 Å². The average molecular weight is 277 g/mol. The second kappa shape index (κ2) is 6.14. The first-order valence-corrected chi connectivity index (χ1v) is 6.07. The molecule has 1 amide bonds. The predicted molar refractivity (Wildman–Crippen MR) is 70.5 cm³/mol. The Morgan fingerprint density at radius 3 is 2.45 bits per heavy atom. The van der Waals surface area contributed by atoms with Crippen LogP contribution in [-0.2, 0) is 6.42 Å². The molecule has 0 radical (unpaired) electrons. The van der Waals surface area contributed by atoms with Gasteiger partial charge in [-0.25, -0.2) is 8.78 Å². The van der Waals surface area contributed by atoms with Crippen molar-refractivity contribution in [3.63, 3.8) is 0 Å². The van der Waals surface area contributed by atoms with Crippen LogP contribution in [0.3, 0.4) is 0 Å². The Hall–Kier alpha value is -2.43. The van der Waals surface area contributed by atoms with E-state index in [-0.39, 0.29) is 11.3 Å². The minimum Gasteiger partial charge on any atom is -0.508 e. The van der Waals surface area contributed by atoms with Crippen LogP contribution in [0.15, 0.2) is 42.5 Å². The minimum atomic E-state index is -0.789. The highest BCUT2D eigenvalue weighted by molar-refractivity contribution is 5.94. The second-order valence-electron chi connectivity index (χ2n) is 4.33. The van der Waals surface area contributed by atoms with Gasteiger partial charge in [0.25, 0.3) is 5.91 Å². The van der Waals surface area contributed by atoms with Crippen molar-refractivity contribution in [2.45, 2.75) is 6.42 Å². The number of nitrogens with one attached hydrogen (secondary N) is 1. The molecule has 2 N–H and O–H groups in total. The molecule has 0 aromatic heterocycles. The number of carbonyl (C=O) groups excluding carboxylic acids is 1. The fraction of sp³-hybridized carbons (Fsp3) is 0.133. The van der Waals surface area contributed by atoms with E-state index < -0.39 is 17.5 Å². The summed E-state index contributed by atoms with van der Waals surface area (Å²) in [5.74, 6) is -1.96. The fourth-order valence-electron chi connectivity index (χ4n) is 1.82. The van der Waals surface area contributed by atoms with Crippen LogP contribution in [0, 0.1) is 11.6 Å². The quantitative estimate of drug-likeness (QED) is 0.902. The molecule has 0 aliphatic carbocycles. The molecule has 2 aromatic carbocycles. The number of hydrogen-bond donors (Lipinski definition) is 2. The third-order valence-corrected chi connectivity index (χ3v) is 2.73. The number of phenolic OH excluding ortho intramolecular Hbond substituents is 1. The van der Waals surface area contributed by atoms with Gasteiger partial charge in [-0.3, -0.25) is 4.79 Å². The predicted octanol–water partition coefficient (Wildman–Crippen LogP) is 2.64. The Balaban J connectivity index is 1.92. The van der Waals surface area contributed by atoms with Crippen LogP contribution in [0.1, 0.15) is 15.9 Å². The van der Waals surface area contributed by atoms with Gasteiger partial charge in [-0.2, -0.15) is 0 Å². The molecule has 2 rings (SSSR count). The summed E-state index contributed by atoms with van der Waals surface area (Å²) in [7, 11) is 0. The molecule has 0 spiro atoms. The van der Waals surface area contributed by atoms with Gasteiger partial charge >= 0.3 is 0 Å². The molecule has 0 bridgehead atoms. The lowest BCUT2D eigenvalue weighted by molar-refractivity contribution is 0.0953. The molecule has 3 nitrogen and oxygen atoms in total. The van der Waals surface area contributed by atoms with E-state index in [9.17, 15) is 18.7 Å². The maximum Gasteiger partial charge on any atom is 0.251 e. The lowest BCUT2D eigenvalue weighted by Crippen LogP contribution is -2.25. The fourth-order valence-corrected chi connectivity index (χ4v) is 1.82. The van der Waals surface area contributed by atoms with Crippen LogP contribution in [0.25, 0.3) is 0 Å². The van der Waals surface area contributed by atoms with Crippen molar-refractivity contribution in [2.24, 2.45) is 0 Å². The third-order valence-electron chi connectivity index (χ3n) is 2.73. The number of carbonyl (C=O) groups is 1. The number of phenols is 1. The molecule has 104 valence electrons. The molecule has 2 aromatic rings. The van der Waals surface area contributed by atoms with Crippen LogP contribution >= 0.6 is 0 Å². The van der Waals surface area contributed by atoms with Crippen LogP contribution in [0.5, 0.6) is 5.75 Å². The Morgan fingerprint density at radius 2 is 1.80 bits per heavy atom. The van der Waals surface area contributed by atoms with Gasteiger partial charge in [0.2, 0.25) is 0 Å².